The largest absolute Gasteiger partial charge is 0.478 e. The number of carbonyl (C=O) groups is 2. The highest BCUT2D eigenvalue weighted by molar-refractivity contribution is 6.30. The lowest BCUT2D eigenvalue weighted by Gasteiger charge is -2.18. The third-order valence-corrected chi connectivity index (χ3v) is 3.90. The van der Waals surface area contributed by atoms with Crippen molar-refractivity contribution in [3.63, 3.8) is 0 Å². The second kappa shape index (κ2) is 9.77. The van der Waals surface area contributed by atoms with Crippen molar-refractivity contribution in [2.24, 2.45) is 0 Å². The summed E-state index contributed by atoms with van der Waals surface area (Å²) in [5, 5.41) is 6.24. The molecule has 2 N–H and O–H groups in total. The van der Waals surface area contributed by atoms with Crippen LogP contribution in [0.2, 0.25) is 5.02 Å². The zero-order valence-corrected chi connectivity index (χ0v) is 15.5. The van der Waals surface area contributed by atoms with Crippen molar-refractivity contribution < 1.29 is 14.3 Å². The average molecular weight is 376 g/mol. The summed E-state index contributed by atoms with van der Waals surface area (Å²) in [6, 6.07) is 10.3. The molecule has 1 aromatic heterocycles. The minimum absolute atomic E-state index is 0.117. The Morgan fingerprint density at radius 1 is 1.23 bits per heavy atom. The van der Waals surface area contributed by atoms with Gasteiger partial charge < -0.3 is 15.4 Å². The van der Waals surface area contributed by atoms with E-state index in [4.69, 9.17) is 16.3 Å². The normalized spacial score (nSPS) is 11.5. The van der Waals surface area contributed by atoms with Gasteiger partial charge in [-0.05, 0) is 30.7 Å². The van der Waals surface area contributed by atoms with Crippen LogP contribution in [0.3, 0.4) is 0 Å². The van der Waals surface area contributed by atoms with Gasteiger partial charge in [-0.3, -0.25) is 9.59 Å². The van der Waals surface area contributed by atoms with Crippen LogP contribution in [0.1, 0.15) is 37.4 Å². The molecular formula is C19H22ClN3O3. The fraction of sp³-hybridized carbons (Fsp3) is 0.316. The molecule has 1 atom stereocenters. The lowest BCUT2D eigenvalue weighted by atomic mass is 10.0. The van der Waals surface area contributed by atoms with E-state index in [0.717, 1.165) is 11.1 Å². The molecule has 0 saturated carbocycles. The summed E-state index contributed by atoms with van der Waals surface area (Å²) in [7, 11) is 0. The summed E-state index contributed by atoms with van der Waals surface area (Å²) in [5.41, 5.74) is 1.61. The number of amides is 2. The van der Waals surface area contributed by atoms with E-state index in [1.807, 2.05) is 13.0 Å². The summed E-state index contributed by atoms with van der Waals surface area (Å²) < 4.78 is 5.45. The summed E-state index contributed by atoms with van der Waals surface area (Å²) in [5.74, 6) is 0.111. The predicted octanol–water partition coefficient (Wildman–Crippen LogP) is 3.02. The monoisotopic (exact) mass is 375 g/mol. The second-order valence-electron chi connectivity index (χ2n) is 5.69. The predicted molar refractivity (Wildman–Crippen MR) is 99.9 cm³/mol. The molecule has 0 aliphatic carbocycles. The van der Waals surface area contributed by atoms with Gasteiger partial charge in [0.15, 0.2) is 0 Å². The van der Waals surface area contributed by atoms with Crippen LogP contribution in [0.4, 0.5) is 0 Å². The van der Waals surface area contributed by atoms with Crippen molar-refractivity contribution in [3.05, 3.63) is 58.7 Å². The van der Waals surface area contributed by atoms with Gasteiger partial charge in [0.05, 0.1) is 19.1 Å². The molecule has 0 saturated heterocycles. The number of pyridine rings is 1. The fourth-order valence-electron chi connectivity index (χ4n) is 2.47. The van der Waals surface area contributed by atoms with Crippen LogP contribution in [0.15, 0.2) is 42.6 Å². The van der Waals surface area contributed by atoms with E-state index >= 15 is 0 Å². The van der Waals surface area contributed by atoms with Crippen molar-refractivity contribution in [3.8, 4) is 5.88 Å². The minimum Gasteiger partial charge on any atom is -0.478 e. The van der Waals surface area contributed by atoms with E-state index in [2.05, 4.69) is 15.6 Å². The number of nitrogens with zero attached hydrogens (tertiary/aromatic N) is 1. The molecule has 26 heavy (non-hydrogen) atoms. The van der Waals surface area contributed by atoms with Crippen molar-refractivity contribution in [2.45, 2.75) is 32.9 Å². The number of carbonyl (C=O) groups excluding carboxylic acids is 2. The first-order valence-corrected chi connectivity index (χ1v) is 8.73. The highest BCUT2D eigenvalue weighted by Gasteiger charge is 2.17. The molecule has 1 heterocycles. The molecule has 6 nitrogen and oxygen atoms in total. The first-order chi connectivity index (χ1) is 12.5. The van der Waals surface area contributed by atoms with E-state index in [1.54, 1.807) is 36.5 Å². The third-order valence-electron chi connectivity index (χ3n) is 3.65. The Bertz CT molecular complexity index is 750. The van der Waals surface area contributed by atoms with Crippen LogP contribution in [0.25, 0.3) is 0 Å². The maximum atomic E-state index is 12.4. The molecule has 1 unspecified atom stereocenters. The van der Waals surface area contributed by atoms with Gasteiger partial charge in [-0.25, -0.2) is 4.98 Å². The van der Waals surface area contributed by atoms with Crippen LogP contribution in [0.5, 0.6) is 5.88 Å². The summed E-state index contributed by atoms with van der Waals surface area (Å²) in [6.07, 6.45) is 1.76. The van der Waals surface area contributed by atoms with Crippen LogP contribution in [-0.4, -0.2) is 23.4 Å². The maximum Gasteiger partial charge on any atom is 0.222 e. The Morgan fingerprint density at radius 2 is 1.96 bits per heavy atom. The van der Waals surface area contributed by atoms with Gasteiger partial charge in [0.2, 0.25) is 17.7 Å². The molecule has 2 amide bonds. The van der Waals surface area contributed by atoms with Crippen LogP contribution in [-0.2, 0) is 16.1 Å². The van der Waals surface area contributed by atoms with Crippen molar-refractivity contribution in [2.75, 3.05) is 6.61 Å². The number of halogens is 1. The first kappa shape index (κ1) is 19.7. The Labute approximate surface area is 157 Å². The molecule has 2 rings (SSSR count). The molecule has 0 bridgehead atoms. The lowest BCUT2D eigenvalue weighted by molar-refractivity contribution is -0.122. The molecule has 0 fully saturated rings. The van der Waals surface area contributed by atoms with Crippen molar-refractivity contribution in [1.82, 2.24) is 15.6 Å². The molecule has 0 spiro atoms. The van der Waals surface area contributed by atoms with Gasteiger partial charge >= 0.3 is 0 Å². The van der Waals surface area contributed by atoms with Crippen molar-refractivity contribution >= 4 is 23.4 Å². The van der Waals surface area contributed by atoms with E-state index in [-0.39, 0.29) is 18.2 Å². The number of hydrogen-bond donors (Lipinski definition) is 2. The molecular weight excluding hydrogens is 354 g/mol. The molecule has 7 heteroatoms. The number of hydrogen-bond acceptors (Lipinski definition) is 4. The average Bonchev–Trinajstić information content (AvgIpc) is 2.61. The van der Waals surface area contributed by atoms with Crippen LogP contribution < -0.4 is 15.4 Å². The zero-order chi connectivity index (χ0) is 18.9. The van der Waals surface area contributed by atoms with E-state index in [9.17, 15) is 9.59 Å². The smallest absolute Gasteiger partial charge is 0.222 e. The lowest BCUT2D eigenvalue weighted by Crippen LogP contribution is -2.32. The van der Waals surface area contributed by atoms with E-state index < -0.39 is 6.04 Å². The highest BCUT2D eigenvalue weighted by atomic mass is 35.5. The summed E-state index contributed by atoms with van der Waals surface area (Å²) >= 11 is 5.90. The number of benzene rings is 1. The van der Waals surface area contributed by atoms with Gasteiger partial charge in [0.25, 0.3) is 0 Å². The standard InChI is InChI=1S/C19H22ClN3O3/c1-3-26-19-15(5-4-10-21-19)12-22-18(25)11-17(23-13(2)24)14-6-8-16(20)9-7-14/h4-10,17H,3,11-12H2,1-2H3,(H,22,25)(H,23,24). The van der Waals surface area contributed by atoms with Gasteiger partial charge in [-0.15, -0.1) is 0 Å². The van der Waals surface area contributed by atoms with Crippen molar-refractivity contribution in [1.29, 1.82) is 0 Å². The fourth-order valence-corrected chi connectivity index (χ4v) is 2.60. The molecule has 138 valence electrons. The molecule has 0 radical (unpaired) electrons. The van der Waals surface area contributed by atoms with Gasteiger partial charge in [0.1, 0.15) is 0 Å². The van der Waals surface area contributed by atoms with Crippen LogP contribution >= 0.6 is 11.6 Å². The molecule has 0 aliphatic rings. The molecule has 1 aromatic carbocycles. The van der Waals surface area contributed by atoms with E-state index in [1.165, 1.54) is 6.92 Å². The quantitative estimate of drug-likeness (QED) is 0.743. The summed E-state index contributed by atoms with van der Waals surface area (Å²) in [4.78, 5) is 28.0. The Kier molecular flexibility index (Phi) is 7.41. The van der Waals surface area contributed by atoms with Gasteiger partial charge in [-0.1, -0.05) is 29.8 Å². The Hall–Kier alpha value is -2.60. The third kappa shape index (κ3) is 6.04. The number of nitrogens with one attached hydrogen (secondary N) is 2. The SMILES string of the molecule is CCOc1ncccc1CNC(=O)CC(NC(C)=O)c1ccc(Cl)cc1. The first-order valence-electron chi connectivity index (χ1n) is 8.35. The zero-order valence-electron chi connectivity index (χ0n) is 14.8. The topological polar surface area (TPSA) is 80.3 Å². The number of rotatable bonds is 8. The second-order valence-corrected chi connectivity index (χ2v) is 6.12. The number of ether oxygens (including phenoxy) is 1. The molecule has 2 aromatic rings. The van der Waals surface area contributed by atoms with E-state index in [0.29, 0.717) is 24.1 Å². The van der Waals surface area contributed by atoms with Gasteiger partial charge in [0, 0.05) is 30.3 Å². The minimum atomic E-state index is -0.426. The highest BCUT2D eigenvalue weighted by Crippen LogP contribution is 2.20. The summed E-state index contributed by atoms with van der Waals surface area (Å²) in [6.45, 7) is 4.10. The Balaban J connectivity index is 2.01. The Morgan fingerprint density at radius 3 is 2.62 bits per heavy atom. The molecule has 0 aliphatic heterocycles. The van der Waals surface area contributed by atoms with Gasteiger partial charge in [-0.2, -0.15) is 0 Å². The maximum absolute atomic E-state index is 12.4. The van der Waals surface area contributed by atoms with Crippen LogP contribution in [0, 0.1) is 0 Å². The number of aromatic nitrogens is 1.